The second-order valence-corrected chi connectivity index (χ2v) is 6.23. The maximum absolute atomic E-state index is 12.7. The van der Waals surface area contributed by atoms with Crippen LogP contribution in [0.25, 0.3) is 10.2 Å². The van der Waals surface area contributed by atoms with Gasteiger partial charge in [-0.1, -0.05) is 6.42 Å². The first-order valence-corrected chi connectivity index (χ1v) is 7.81. The van der Waals surface area contributed by atoms with Gasteiger partial charge in [-0.25, -0.2) is 0 Å². The summed E-state index contributed by atoms with van der Waals surface area (Å²) in [7, 11) is 0. The number of nitrogen functional groups attached to an aromatic ring is 1. The van der Waals surface area contributed by atoms with Crippen molar-refractivity contribution in [3.05, 3.63) is 17.1 Å². The molecule has 0 bridgehead atoms. The van der Waals surface area contributed by atoms with Crippen LogP contribution >= 0.6 is 11.3 Å². The molecular weight excluding hydrogens is 272 g/mol. The number of rotatable bonds is 4. The van der Waals surface area contributed by atoms with E-state index in [4.69, 9.17) is 5.73 Å². The first-order valence-electron chi connectivity index (χ1n) is 6.99. The van der Waals surface area contributed by atoms with Crippen molar-refractivity contribution in [2.45, 2.75) is 26.2 Å². The molecule has 2 N–H and O–H groups in total. The molecule has 2 aromatic rings. The summed E-state index contributed by atoms with van der Waals surface area (Å²) in [5.41, 5.74) is 6.64. The van der Waals surface area contributed by atoms with E-state index in [1.807, 2.05) is 17.9 Å². The van der Waals surface area contributed by atoms with Crippen LogP contribution in [-0.4, -0.2) is 34.1 Å². The van der Waals surface area contributed by atoms with E-state index in [1.54, 1.807) is 6.20 Å². The number of nitrogens with two attached hydrogens (primary N) is 1. The van der Waals surface area contributed by atoms with Gasteiger partial charge in [0.25, 0.3) is 5.91 Å². The first-order chi connectivity index (χ1) is 9.70. The van der Waals surface area contributed by atoms with Crippen LogP contribution in [0, 0.1) is 5.92 Å². The average Bonchev–Trinajstić information content (AvgIpc) is 2.75. The lowest BCUT2D eigenvalue weighted by Gasteiger charge is -2.31. The Kier molecular flexibility index (Phi) is 3.56. The van der Waals surface area contributed by atoms with E-state index < -0.39 is 0 Å². The van der Waals surface area contributed by atoms with E-state index in [0.717, 1.165) is 16.8 Å². The number of hydrogen-bond acceptors (Lipinski definition) is 5. The number of aromatic nitrogens is 2. The van der Waals surface area contributed by atoms with Crippen LogP contribution in [0.5, 0.6) is 0 Å². The van der Waals surface area contributed by atoms with E-state index in [1.165, 1.54) is 30.6 Å². The number of thiophene rings is 1. The molecular formula is C14H18N4OS. The van der Waals surface area contributed by atoms with Crippen LogP contribution in [0.3, 0.4) is 0 Å². The highest BCUT2D eigenvalue weighted by Gasteiger charge is 2.26. The van der Waals surface area contributed by atoms with Crippen molar-refractivity contribution in [2.24, 2.45) is 5.92 Å². The molecule has 2 heterocycles. The van der Waals surface area contributed by atoms with Crippen LogP contribution < -0.4 is 5.73 Å². The highest BCUT2D eigenvalue weighted by atomic mass is 32.1. The average molecular weight is 290 g/mol. The van der Waals surface area contributed by atoms with E-state index in [2.05, 4.69) is 10.2 Å². The minimum absolute atomic E-state index is 0.0277. The molecule has 0 radical (unpaired) electrons. The van der Waals surface area contributed by atoms with Crippen LogP contribution in [-0.2, 0) is 0 Å². The molecule has 6 heteroatoms. The Balaban J connectivity index is 1.88. The summed E-state index contributed by atoms with van der Waals surface area (Å²) in [5, 5.41) is 8.71. The molecule has 1 aliphatic carbocycles. The summed E-state index contributed by atoms with van der Waals surface area (Å²) < 4.78 is 0. The summed E-state index contributed by atoms with van der Waals surface area (Å²) in [6.45, 7) is 3.57. The molecule has 2 aromatic heterocycles. The van der Waals surface area contributed by atoms with Gasteiger partial charge < -0.3 is 10.6 Å². The highest BCUT2D eigenvalue weighted by Crippen LogP contribution is 2.33. The van der Waals surface area contributed by atoms with Crippen molar-refractivity contribution < 1.29 is 4.79 Å². The third-order valence-corrected chi connectivity index (χ3v) is 5.08. The molecule has 1 aliphatic rings. The normalized spacial score (nSPS) is 15.2. The van der Waals surface area contributed by atoms with Crippen LogP contribution in [0.4, 0.5) is 5.69 Å². The standard InChI is InChI=1S/C14H18N4OS/c1-2-18(8-9-4-3-5-9)14(19)12-11(15)10-6-7-16-17-13(10)20-12/h6-7,9H,2-5,8,15H2,1H3. The number of hydrogen-bond donors (Lipinski definition) is 1. The minimum atomic E-state index is 0.0277. The summed E-state index contributed by atoms with van der Waals surface area (Å²) in [5.74, 6) is 0.689. The predicted molar refractivity (Wildman–Crippen MR) is 80.7 cm³/mol. The van der Waals surface area contributed by atoms with Crippen LogP contribution in [0.15, 0.2) is 12.3 Å². The SMILES string of the molecule is CCN(CC1CCC1)C(=O)c1sc2nnccc2c1N. The van der Waals surface area contributed by atoms with Crippen molar-refractivity contribution in [3.8, 4) is 0 Å². The Morgan fingerprint density at radius 1 is 1.55 bits per heavy atom. The molecule has 0 spiro atoms. The molecule has 20 heavy (non-hydrogen) atoms. The third kappa shape index (κ3) is 2.24. The van der Waals surface area contributed by atoms with Gasteiger partial charge >= 0.3 is 0 Å². The van der Waals surface area contributed by atoms with Gasteiger partial charge in [0, 0.05) is 18.5 Å². The van der Waals surface area contributed by atoms with Crippen LogP contribution in [0.2, 0.25) is 0 Å². The number of anilines is 1. The lowest BCUT2D eigenvalue weighted by Crippen LogP contribution is -2.37. The van der Waals surface area contributed by atoms with Crippen molar-refractivity contribution >= 4 is 33.1 Å². The maximum Gasteiger partial charge on any atom is 0.266 e. The van der Waals surface area contributed by atoms with Gasteiger partial charge in [0.15, 0.2) is 0 Å². The Hall–Kier alpha value is -1.69. The Morgan fingerprint density at radius 3 is 2.95 bits per heavy atom. The Bertz CT molecular complexity index is 635. The second kappa shape index (κ2) is 5.36. The van der Waals surface area contributed by atoms with E-state index in [0.29, 0.717) is 23.0 Å². The quantitative estimate of drug-likeness (QED) is 0.939. The molecule has 0 atom stereocenters. The third-order valence-electron chi connectivity index (χ3n) is 3.99. The van der Waals surface area contributed by atoms with E-state index >= 15 is 0 Å². The minimum Gasteiger partial charge on any atom is -0.397 e. The zero-order valence-corrected chi connectivity index (χ0v) is 12.3. The molecule has 0 unspecified atom stereocenters. The second-order valence-electron chi connectivity index (χ2n) is 5.24. The van der Waals surface area contributed by atoms with Gasteiger partial charge in [0.1, 0.15) is 9.71 Å². The number of carbonyl (C=O) groups is 1. The van der Waals surface area contributed by atoms with Gasteiger partial charge in [-0.2, -0.15) is 5.10 Å². The lowest BCUT2D eigenvalue weighted by molar-refractivity contribution is 0.0712. The number of carbonyl (C=O) groups excluding carboxylic acids is 1. The molecule has 0 aliphatic heterocycles. The molecule has 1 fully saturated rings. The zero-order chi connectivity index (χ0) is 14.1. The molecule has 0 saturated heterocycles. The highest BCUT2D eigenvalue weighted by molar-refractivity contribution is 7.21. The summed E-state index contributed by atoms with van der Waals surface area (Å²) in [6.07, 6.45) is 5.36. The van der Waals surface area contributed by atoms with Crippen molar-refractivity contribution in [1.82, 2.24) is 15.1 Å². The molecule has 0 aromatic carbocycles. The van der Waals surface area contributed by atoms with Crippen molar-refractivity contribution in [3.63, 3.8) is 0 Å². The fraction of sp³-hybridized carbons (Fsp3) is 0.500. The monoisotopic (exact) mass is 290 g/mol. The molecule has 3 rings (SSSR count). The molecule has 106 valence electrons. The molecule has 1 amide bonds. The summed E-state index contributed by atoms with van der Waals surface area (Å²) in [6, 6.07) is 1.81. The Labute approximate surface area is 121 Å². The fourth-order valence-corrected chi connectivity index (χ4v) is 3.52. The van der Waals surface area contributed by atoms with E-state index in [-0.39, 0.29) is 5.91 Å². The lowest BCUT2D eigenvalue weighted by atomic mass is 9.85. The molecule has 5 nitrogen and oxygen atoms in total. The topological polar surface area (TPSA) is 72.1 Å². The number of fused-ring (bicyclic) bond motifs is 1. The van der Waals surface area contributed by atoms with Crippen LogP contribution in [0.1, 0.15) is 35.9 Å². The number of nitrogens with zero attached hydrogens (tertiary/aromatic N) is 3. The maximum atomic E-state index is 12.7. The van der Waals surface area contributed by atoms with Gasteiger partial charge in [-0.15, -0.1) is 16.4 Å². The molecule has 1 saturated carbocycles. The van der Waals surface area contributed by atoms with E-state index in [9.17, 15) is 4.79 Å². The van der Waals surface area contributed by atoms with Crippen molar-refractivity contribution in [2.75, 3.05) is 18.8 Å². The largest absolute Gasteiger partial charge is 0.397 e. The van der Waals surface area contributed by atoms with Crippen molar-refractivity contribution in [1.29, 1.82) is 0 Å². The summed E-state index contributed by atoms with van der Waals surface area (Å²) >= 11 is 1.34. The van der Waals surface area contributed by atoms with Gasteiger partial charge in [-0.05, 0) is 31.7 Å². The first kappa shape index (κ1) is 13.3. The Morgan fingerprint density at radius 2 is 2.35 bits per heavy atom. The predicted octanol–water partition coefficient (Wildman–Crippen LogP) is 2.54. The van der Waals surface area contributed by atoms with Gasteiger partial charge in [0.05, 0.1) is 11.9 Å². The van der Waals surface area contributed by atoms with Gasteiger partial charge in [0.2, 0.25) is 0 Å². The zero-order valence-electron chi connectivity index (χ0n) is 11.5. The number of amides is 1. The summed E-state index contributed by atoms with van der Waals surface area (Å²) in [4.78, 5) is 15.9. The smallest absolute Gasteiger partial charge is 0.266 e. The fourth-order valence-electron chi connectivity index (χ4n) is 2.52. The van der Waals surface area contributed by atoms with Gasteiger partial charge in [-0.3, -0.25) is 4.79 Å².